The molecule has 0 bridgehead atoms. The minimum Gasteiger partial charge on any atom is -0.469 e. The van der Waals surface area contributed by atoms with Crippen molar-refractivity contribution in [2.45, 2.75) is 51.2 Å². The van der Waals surface area contributed by atoms with Crippen molar-refractivity contribution in [3.8, 4) is 0 Å². The van der Waals surface area contributed by atoms with E-state index < -0.39 is 0 Å². The van der Waals surface area contributed by atoms with E-state index in [0.29, 0.717) is 19.6 Å². The van der Waals surface area contributed by atoms with Crippen LogP contribution in [-0.4, -0.2) is 75.5 Å². The van der Waals surface area contributed by atoms with E-state index in [-0.39, 0.29) is 42.2 Å². The zero-order valence-electron chi connectivity index (χ0n) is 15.4. The standard InChI is InChI=1S/C17H31N3O4.HI/c1-3-18-17(19-9-5-4-8-16(21)22-2)20-10-12-24-15(13-20)14-7-6-11-23-14;/h14-15H,3-13H2,1-2H3,(H,18,19);1H. The minimum atomic E-state index is -0.154. The minimum absolute atomic E-state index is 0. The van der Waals surface area contributed by atoms with Crippen molar-refractivity contribution >= 4 is 35.9 Å². The topological polar surface area (TPSA) is 72.4 Å². The first-order chi connectivity index (χ1) is 11.7. The molecule has 146 valence electrons. The molecule has 0 amide bonds. The summed E-state index contributed by atoms with van der Waals surface area (Å²) in [6.07, 6.45) is 4.70. The molecule has 25 heavy (non-hydrogen) atoms. The van der Waals surface area contributed by atoms with Gasteiger partial charge in [-0.2, -0.15) is 0 Å². The van der Waals surface area contributed by atoms with Crippen LogP contribution in [0.4, 0.5) is 0 Å². The number of guanidine groups is 1. The largest absolute Gasteiger partial charge is 0.469 e. The molecule has 0 aliphatic carbocycles. The molecule has 2 aliphatic rings. The maximum atomic E-state index is 11.1. The van der Waals surface area contributed by atoms with Gasteiger partial charge >= 0.3 is 5.97 Å². The highest BCUT2D eigenvalue weighted by atomic mass is 127. The van der Waals surface area contributed by atoms with E-state index in [4.69, 9.17) is 14.5 Å². The third-order valence-corrected chi connectivity index (χ3v) is 4.39. The SMILES string of the molecule is CCNC(=NCCCCC(=O)OC)N1CCOC(C2CCCO2)C1.I. The fourth-order valence-corrected chi connectivity index (χ4v) is 3.08. The van der Waals surface area contributed by atoms with Crippen molar-refractivity contribution in [2.75, 3.05) is 46.5 Å². The molecule has 0 spiro atoms. The molecular formula is C17H32IN3O4. The monoisotopic (exact) mass is 469 g/mol. The second kappa shape index (κ2) is 12.7. The first-order valence-electron chi connectivity index (χ1n) is 9.08. The van der Waals surface area contributed by atoms with Crippen LogP contribution in [0.5, 0.6) is 0 Å². The van der Waals surface area contributed by atoms with Gasteiger partial charge in [-0.1, -0.05) is 0 Å². The van der Waals surface area contributed by atoms with Gasteiger partial charge in [0.1, 0.15) is 6.10 Å². The number of nitrogens with one attached hydrogen (secondary N) is 1. The molecular weight excluding hydrogens is 437 g/mol. The van der Waals surface area contributed by atoms with E-state index in [9.17, 15) is 4.79 Å². The van der Waals surface area contributed by atoms with Gasteiger partial charge in [-0.15, -0.1) is 24.0 Å². The number of aliphatic imine (C=N–C) groups is 1. The molecule has 0 aromatic carbocycles. The summed E-state index contributed by atoms with van der Waals surface area (Å²) in [5, 5.41) is 3.36. The van der Waals surface area contributed by atoms with Gasteiger partial charge in [0.05, 0.1) is 19.8 Å². The third-order valence-electron chi connectivity index (χ3n) is 4.39. The van der Waals surface area contributed by atoms with E-state index in [2.05, 4.69) is 21.9 Å². The van der Waals surface area contributed by atoms with Crippen LogP contribution < -0.4 is 5.32 Å². The van der Waals surface area contributed by atoms with Gasteiger partial charge in [0.25, 0.3) is 0 Å². The van der Waals surface area contributed by atoms with Crippen molar-refractivity contribution < 1.29 is 19.0 Å². The summed E-state index contributed by atoms with van der Waals surface area (Å²) in [6.45, 7) is 6.83. The van der Waals surface area contributed by atoms with Gasteiger partial charge in [-0.05, 0) is 32.6 Å². The molecule has 2 unspecified atom stereocenters. The summed E-state index contributed by atoms with van der Waals surface area (Å²) in [6, 6.07) is 0. The molecule has 2 aliphatic heterocycles. The lowest BCUT2D eigenvalue weighted by Crippen LogP contribution is -2.53. The average Bonchev–Trinajstić information content (AvgIpc) is 3.15. The number of morpholine rings is 1. The highest BCUT2D eigenvalue weighted by molar-refractivity contribution is 14.0. The van der Waals surface area contributed by atoms with Crippen LogP contribution in [0.15, 0.2) is 4.99 Å². The van der Waals surface area contributed by atoms with E-state index in [1.165, 1.54) is 7.11 Å². The van der Waals surface area contributed by atoms with Crippen LogP contribution >= 0.6 is 24.0 Å². The van der Waals surface area contributed by atoms with Crippen LogP contribution in [0, 0.1) is 0 Å². The zero-order chi connectivity index (χ0) is 17.2. The number of hydrogen-bond donors (Lipinski definition) is 1. The van der Waals surface area contributed by atoms with Gasteiger partial charge in [0.15, 0.2) is 5.96 Å². The zero-order valence-corrected chi connectivity index (χ0v) is 17.7. The fourth-order valence-electron chi connectivity index (χ4n) is 3.08. The van der Waals surface area contributed by atoms with Gasteiger partial charge in [0.2, 0.25) is 0 Å². The Labute approximate surface area is 167 Å². The highest BCUT2D eigenvalue weighted by Crippen LogP contribution is 2.21. The Hall–Kier alpha value is -0.610. The molecule has 0 radical (unpaired) electrons. The smallest absolute Gasteiger partial charge is 0.305 e. The molecule has 8 heteroatoms. The van der Waals surface area contributed by atoms with Gasteiger partial charge in [-0.25, -0.2) is 0 Å². The lowest BCUT2D eigenvalue weighted by Gasteiger charge is -2.37. The van der Waals surface area contributed by atoms with Crippen LogP contribution in [0.1, 0.15) is 39.0 Å². The number of ether oxygens (including phenoxy) is 3. The van der Waals surface area contributed by atoms with Crippen molar-refractivity contribution in [2.24, 2.45) is 4.99 Å². The summed E-state index contributed by atoms with van der Waals surface area (Å²) < 4.78 is 16.3. The predicted molar refractivity (Wildman–Crippen MR) is 108 cm³/mol. The maximum Gasteiger partial charge on any atom is 0.305 e. The number of carbonyl (C=O) groups excluding carboxylic acids is 1. The Kier molecular flexibility index (Phi) is 11.4. The fraction of sp³-hybridized carbons (Fsp3) is 0.882. The van der Waals surface area contributed by atoms with Gasteiger partial charge in [0, 0.05) is 39.2 Å². The molecule has 2 rings (SSSR count). The van der Waals surface area contributed by atoms with E-state index in [0.717, 1.165) is 57.9 Å². The summed E-state index contributed by atoms with van der Waals surface area (Å²) in [7, 11) is 1.42. The molecule has 2 heterocycles. The number of esters is 1. The lowest BCUT2D eigenvalue weighted by molar-refractivity contribution is -0.140. The Morgan fingerprint density at radius 3 is 2.76 bits per heavy atom. The average molecular weight is 469 g/mol. The first kappa shape index (κ1) is 22.4. The van der Waals surface area contributed by atoms with Crippen molar-refractivity contribution in [1.29, 1.82) is 0 Å². The number of carbonyl (C=O) groups is 1. The van der Waals surface area contributed by atoms with Crippen molar-refractivity contribution in [3.63, 3.8) is 0 Å². The number of hydrogen-bond acceptors (Lipinski definition) is 5. The van der Waals surface area contributed by atoms with Crippen molar-refractivity contribution in [1.82, 2.24) is 10.2 Å². The van der Waals surface area contributed by atoms with Crippen LogP contribution in [0.2, 0.25) is 0 Å². The molecule has 0 aromatic rings. The van der Waals surface area contributed by atoms with E-state index in [1.54, 1.807) is 0 Å². The number of unbranched alkanes of at least 4 members (excludes halogenated alkanes) is 1. The van der Waals surface area contributed by atoms with Gasteiger partial charge < -0.3 is 24.4 Å². The second-order valence-corrected chi connectivity index (χ2v) is 6.18. The molecule has 2 atom stereocenters. The molecule has 1 N–H and O–H groups in total. The Morgan fingerprint density at radius 1 is 1.28 bits per heavy atom. The Bertz CT molecular complexity index is 417. The van der Waals surface area contributed by atoms with Crippen LogP contribution in [0.25, 0.3) is 0 Å². The number of halogens is 1. The highest BCUT2D eigenvalue weighted by Gasteiger charge is 2.32. The summed E-state index contributed by atoms with van der Waals surface area (Å²) in [4.78, 5) is 18.1. The predicted octanol–water partition coefficient (Wildman–Crippen LogP) is 1.79. The summed E-state index contributed by atoms with van der Waals surface area (Å²) >= 11 is 0. The van der Waals surface area contributed by atoms with Crippen LogP contribution in [-0.2, 0) is 19.0 Å². The Morgan fingerprint density at radius 2 is 2.08 bits per heavy atom. The maximum absolute atomic E-state index is 11.1. The summed E-state index contributed by atoms with van der Waals surface area (Å²) in [5.41, 5.74) is 0. The number of methoxy groups -OCH3 is 1. The summed E-state index contributed by atoms with van der Waals surface area (Å²) in [5.74, 6) is 0.778. The molecule has 7 nitrogen and oxygen atoms in total. The lowest BCUT2D eigenvalue weighted by atomic mass is 10.1. The number of rotatable bonds is 7. The third kappa shape index (κ3) is 7.65. The number of nitrogens with zero attached hydrogens (tertiary/aromatic N) is 2. The van der Waals surface area contributed by atoms with E-state index in [1.807, 2.05) is 0 Å². The second-order valence-electron chi connectivity index (χ2n) is 6.18. The molecule has 2 saturated heterocycles. The Balaban J connectivity index is 0.00000312. The van der Waals surface area contributed by atoms with E-state index >= 15 is 0 Å². The first-order valence-corrected chi connectivity index (χ1v) is 9.08. The van der Waals surface area contributed by atoms with Crippen LogP contribution in [0.3, 0.4) is 0 Å². The quantitative estimate of drug-likeness (QED) is 0.202. The molecule has 0 aromatic heterocycles. The van der Waals surface area contributed by atoms with Crippen molar-refractivity contribution in [3.05, 3.63) is 0 Å². The normalized spacial score (nSPS) is 23.9. The molecule has 2 fully saturated rings. The van der Waals surface area contributed by atoms with Gasteiger partial charge in [-0.3, -0.25) is 9.79 Å². The molecule has 0 saturated carbocycles.